The molecule has 0 aliphatic carbocycles. The van der Waals surface area contributed by atoms with Gasteiger partial charge in [0.05, 0.1) is 6.61 Å². The maximum atomic E-state index is 8.51. The van der Waals surface area contributed by atoms with Crippen molar-refractivity contribution in [3.63, 3.8) is 0 Å². The molecule has 0 fully saturated rings. The molecule has 0 saturated carbocycles. The molecule has 0 aliphatic heterocycles. The Balaban J connectivity index is 2.49. The number of aliphatic hydroxyl groups is 1. The lowest BCUT2D eigenvalue weighted by Gasteiger charge is -2.07. The topological polar surface area (TPSA) is 59.1 Å². The molecule has 1 heterocycles. The van der Waals surface area contributed by atoms with Crippen molar-refractivity contribution in [2.45, 2.75) is 12.5 Å². The predicted molar refractivity (Wildman–Crippen MR) is 52.0 cm³/mol. The van der Waals surface area contributed by atoms with Crippen molar-refractivity contribution in [2.75, 3.05) is 6.61 Å². The summed E-state index contributed by atoms with van der Waals surface area (Å²) in [6.07, 6.45) is 7.78. The van der Waals surface area contributed by atoms with Gasteiger partial charge in [0.25, 0.3) is 0 Å². The fraction of sp³-hybridized carbons (Fsp3) is 0.300. The van der Waals surface area contributed by atoms with Crippen LogP contribution in [0, 0.1) is 0 Å². The van der Waals surface area contributed by atoms with Crippen LogP contribution in [-0.2, 0) is 0 Å². The summed E-state index contributed by atoms with van der Waals surface area (Å²) in [5.41, 5.74) is 6.88. The van der Waals surface area contributed by atoms with Crippen molar-refractivity contribution in [1.82, 2.24) is 4.98 Å². The highest BCUT2D eigenvalue weighted by molar-refractivity contribution is 5.14. The molecule has 1 aromatic heterocycles. The molecule has 0 spiro atoms. The molecular formula is C10H14N2O. The first-order valence-electron chi connectivity index (χ1n) is 4.26. The van der Waals surface area contributed by atoms with Crippen molar-refractivity contribution in [3.8, 4) is 0 Å². The van der Waals surface area contributed by atoms with Crippen LogP contribution in [0.15, 0.2) is 36.7 Å². The van der Waals surface area contributed by atoms with Gasteiger partial charge in [-0.3, -0.25) is 4.98 Å². The Morgan fingerprint density at radius 2 is 2.38 bits per heavy atom. The fourth-order valence-electron chi connectivity index (χ4n) is 1.05. The van der Waals surface area contributed by atoms with Crippen molar-refractivity contribution < 1.29 is 5.11 Å². The number of hydrogen-bond acceptors (Lipinski definition) is 3. The highest BCUT2D eigenvalue weighted by atomic mass is 16.2. The van der Waals surface area contributed by atoms with Crippen LogP contribution in [0.3, 0.4) is 0 Å². The summed E-state index contributed by atoms with van der Waals surface area (Å²) in [5.74, 6) is 0. The fourth-order valence-corrected chi connectivity index (χ4v) is 1.05. The summed E-state index contributed by atoms with van der Waals surface area (Å²) in [7, 11) is 0. The number of aromatic nitrogens is 1. The third-order valence-electron chi connectivity index (χ3n) is 1.77. The van der Waals surface area contributed by atoms with Crippen LogP contribution in [0.2, 0.25) is 0 Å². The molecule has 0 aliphatic rings. The molecule has 3 nitrogen and oxygen atoms in total. The van der Waals surface area contributed by atoms with E-state index in [1.165, 1.54) is 0 Å². The Bertz CT molecular complexity index is 259. The Morgan fingerprint density at radius 1 is 1.54 bits per heavy atom. The van der Waals surface area contributed by atoms with E-state index in [0.29, 0.717) is 0 Å². The van der Waals surface area contributed by atoms with E-state index in [-0.39, 0.29) is 12.6 Å². The number of pyridine rings is 1. The van der Waals surface area contributed by atoms with Crippen molar-refractivity contribution in [1.29, 1.82) is 0 Å². The maximum absolute atomic E-state index is 8.51. The quantitative estimate of drug-likeness (QED) is 0.677. The zero-order valence-electron chi connectivity index (χ0n) is 7.43. The van der Waals surface area contributed by atoms with Gasteiger partial charge in [0.1, 0.15) is 0 Å². The van der Waals surface area contributed by atoms with E-state index in [1.807, 2.05) is 18.2 Å². The first kappa shape index (κ1) is 9.89. The zero-order valence-corrected chi connectivity index (χ0v) is 7.43. The lowest BCUT2D eigenvalue weighted by molar-refractivity contribution is 0.342. The molecule has 0 unspecified atom stereocenters. The van der Waals surface area contributed by atoms with Gasteiger partial charge in [-0.05, 0) is 18.1 Å². The summed E-state index contributed by atoms with van der Waals surface area (Å²) in [5, 5.41) is 8.51. The number of nitrogens with zero attached hydrogens (tertiary/aromatic N) is 1. The van der Waals surface area contributed by atoms with Crippen LogP contribution in [0.4, 0.5) is 0 Å². The van der Waals surface area contributed by atoms with Gasteiger partial charge in [-0.2, -0.15) is 0 Å². The van der Waals surface area contributed by atoms with E-state index in [2.05, 4.69) is 4.98 Å². The van der Waals surface area contributed by atoms with Crippen LogP contribution in [-0.4, -0.2) is 16.7 Å². The van der Waals surface area contributed by atoms with Crippen LogP contribution in [0.5, 0.6) is 0 Å². The normalized spacial score (nSPS) is 13.4. The number of aliphatic hydroxyl groups excluding tert-OH is 1. The molecule has 0 aromatic carbocycles. The second kappa shape index (κ2) is 5.45. The molecule has 1 aromatic rings. The molecule has 1 atom stereocenters. The summed E-state index contributed by atoms with van der Waals surface area (Å²) < 4.78 is 0. The Morgan fingerprint density at radius 3 is 3.00 bits per heavy atom. The van der Waals surface area contributed by atoms with E-state index in [0.717, 1.165) is 12.0 Å². The average Bonchev–Trinajstić information content (AvgIpc) is 2.19. The molecule has 70 valence electrons. The highest BCUT2D eigenvalue weighted by Crippen LogP contribution is 2.11. The number of rotatable bonds is 4. The van der Waals surface area contributed by atoms with Gasteiger partial charge in [0, 0.05) is 18.4 Å². The van der Waals surface area contributed by atoms with E-state index in [1.54, 1.807) is 18.5 Å². The molecule has 0 amide bonds. The first-order chi connectivity index (χ1) is 6.34. The van der Waals surface area contributed by atoms with Crippen LogP contribution in [0.25, 0.3) is 0 Å². The standard InChI is InChI=1S/C10H14N2O/c11-10(5-1-2-7-13)9-4-3-6-12-8-9/h1-4,6,8,10,13H,5,7,11H2/t10-/m0/s1. The van der Waals surface area contributed by atoms with E-state index >= 15 is 0 Å². The minimum absolute atomic E-state index is 0.0310. The molecule has 3 heteroatoms. The summed E-state index contributed by atoms with van der Waals surface area (Å²) in [6.45, 7) is 0.0692. The Kier molecular flexibility index (Phi) is 4.15. The lowest BCUT2D eigenvalue weighted by Crippen LogP contribution is -2.09. The lowest BCUT2D eigenvalue weighted by atomic mass is 10.1. The number of nitrogens with two attached hydrogens (primary N) is 1. The van der Waals surface area contributed by atoms with Crippen molar-refractivity contribution in [2.24, 2.45) is 5.73 Å². The summed E-state index contributed by atoms with van der Waals surface area (Å²) in [6, 6.07) is 3.78. The Labute approximate surface area is 77.9 Å². The second-order valence-corrected chi connectivity index (χ2v) is 2.78. The van der Waals surface area contributed by atoms with Crippen molar-refractivity contribution >= 4 is 0 Å². The molecule has 0 saturated heterocycles. The molecule has 0 bridgehead atoms. The van der Waals surface area contributed by atoms with Crippen LogP contribution >= 0.6 is 0 Å². The van der Waals surface area contributed by atoms with Crippen LogP contribution in [0.1, 0.15) is 18.0 Å². The van der Waals surface area contributed by atoms with Gasteiger partial charge in [0.15, 0.2) is 0 Å². The zero-order chi connectivity index (χ0) is 9.52. The van der Waals surface area contributed by atoms with Gasteiger partial charge in [0.2, 0.25) is 0 Å². The molecule has 1 rings (SSSR count). The Hall–Kier alpha value is -1.19. The molecule has 0 radical (unpaired) electrons. The van der Waals surface area contributed by atoms with Crippen LogP contribution < -0.4 is 5.73 Å². The van der Waals surface area contributed by atoms with Gasteiger partial charge in [-0.1, -0.05) is 18.2 Å². The van der Waals surface area contributed by atoms with E-state index < -0.39 is 0 Å². The third kappa shape index (κ3) is 3.36. The van der Waals surface area contributed by atoms with Gasteiger partial charge >= 0.3 is 0 Å². The second-order valence-electron chi connectivity index (χ2n) is 2.78. The third-order valence-corrected chi connectivity index (χ3v) is 1.77. The molecule has 13 heavy (non-hydrogen) atoms. The van der Waals surface area contributed by atoms with Gasteiger partial charge < -0.3 is 10.8 Å². The van der Waals surface area contributed by atoms with Crippen molar-refractivity contribution in [3.05, 3.63) is 42.2 Å². The average molecular weight is 178 g/mol. The van der Waals surface area contributed by atoms with E-state index in [9.17, 15) is 0 Å². The van der Waals surface area contributed by atoms with Gasteiger partial charge in [-0.25, -0.2) is 0 Å². The largest absolute Gasteiger partial charge is 0.392 e. The highest BCUT2D eigenvalue weighted by Gasteiger charge is 2.01. The maximum Gasteiger partial charge on any atom is 0.0612 e. The molecular weight excluding hydrogens is 164 g/mol. The minimum Gasteiger partial charge on any atom is -0.392 e. The smallest absolute Gasteiger partial charge is 0.0612 e. The predicted octanol–water partition coefficient (Wildman–Crippen LogP) is 1.02. The van der Waals surface area contributed by atoms with E-state index in [4.69, 9.17) is 10.8 Å². The van der Waals surface area contributed by atoms with Gasteiger partial charge in [-0.15, -0.1) is 0 Å². The molecule has 3 N–H and O–H groups in total. The summed E-state index contributed by atoms with van der Waals surface area (Å²) >= 11 is 0. The monoisotopic (exact) mass is 178 g/mol. The minimum atomic E-state index is -0.0310. The summed E-state index contributed by atoms with van der Waals surface area (Å²) in [4.78, 5) is 3.98. The SMILES string of the molecule is N[C@@H](CC=CCO)c1cccnc1. The number of hydrogen-bond donors (Lipinski definition) is 2. The first-order valence-corrected chi connectivity index (χ1v) is 4.26.